The van der Waals surface area contributed by atoms with Gasteiger partial charge in [-0.2, -0.15) is 0 Å². The van der Waals surface area contributed by atoms with E-state index in [9.17, 15) is 0 Å². The molecule has 0 heterocycles. The third-order valence-corrected chi connectivity index (χ3v) is 12.4. The highest BCUT2D eigenvalue weighted by Crippen LogP contribution is 2.53. The van der Waals surface area contributed by atoms with Crippen molar-refractivity contribution >= 4 is 53.9 Å². The summed E-state index contributed by atoms with van der Waals surface area (Å²) in [7, 11) is 1.76. The van der Waals surface area contributed by atoms with Crippen LogP contribution < -0.4 is 4.74 Å². The molecule has 0 atom stereocenters. The number of hydrogen-bond acceptors (Lipinski definition) is 1. The van der Waals surface area contributed by atoms with Gasteiger partial charge in [0.15, 0.2) is 0 Å². The number of methoxy groups -OCH3 is 1. The molecule has 0 saturated carbocycles. The fraction of sp³-hybridized carbons (Fsp3) is 0.0741. The largest absolute Gasteiger partial charge is 0.496 e. The molecule has 0 spiro atoms. The molecule has 11 rings (SSSR count). The molecule has 0 amide bonds. The van der Waals surface area contributed by atoms with E-state index in [4.69, 9.17) is 4.74 Å². The first-order valence-corrected chi connectivity index (χ1v) is 19.2. The minimum atomic E-state index is -0.0811. The molecule has 260 valence electrons. The highest BCUT2D eigenvalue weighted by atomic mass is 16.5. The Morgan fingerprint density at radius 3 is 1.25 bits per heavy atom. The standard InChI is InChI=1S/C54H38O/c1-54(2)47-27-15-14-17-35(47)36-29-28-33(32-48(36)54)50-38-19-6-10-23-42(38)52(43-24-11-7-20-39(43)50)53-44-25-12-8-21-40(44)51(41-22-9-13-26-45(41)53)46-30-31-49(55-3)37-18-5-4-16-34(37)46/h4-32H,1-3H3. The summed E-state index contributed by atoms with van der Waals surface area (Å²) in [4.78, 5) is 0. The van der Waals surface area contributed by atoms with Crippen LogP contribution >= 0.6 is 0 Å². The quantitative estimate of drug-likeness (QED) is 0.166. The molecule has 10 aromatic rings. The van der Waals surface area contributed by atoms with Gasteiger partial charge in [0.05, 0.1) is 7.11 Å². The Morgan fingerprint density at radius 1 is 0.327 bits per heavy atom. The second-order valence-corrected chi connectivity index (χ2v) is 15.5. The summed E-state index contributed by atoms with van der Waals surface area (Å²) < 4.78 is 5.84. The second kappa shape index (κ2) is 11.9. The van der Waals surface area contributed by atoms with E-state index in [0.717, 1.165) is 11.1 Å². The Labute approximate surface area is 321 Å². The Morgan fingerprint density at radius 2 is 0.727 bits per heavy atom. The maximum Gasteiger partial charge on any atom is 0.126 e. The van der Waals surface area contributed by atoms with Gasteiger partial charge >= 0.3 is 0 Å². The van der Waals surface area contributed by atoms with Crippen molar-refractivity contribution in [2.45, 2.75) is 19.3 Å². The Bertz CT molecular complexity index is 3100. The molecule has 0 aromatic heterocycles. The first kappa shape index (κ1) is 31.8. The lowest BCUT2D eigenvalue weighted by atomic mass is 9.79. The lowest BCUT2D eigenvalue weighted by molar-refractivity contribution is 0.420. The second-order valence-electron chi connectivity index (χ2n) is 15.5. The van der Waals surface area contributed by atoms with Crippen LogP contribution in [0.4, 0.5) is 0 Å². The van der Waals surface area contributed by atoms with Crippen molar-refractivity contribution in [3.05, 3.63) is 187 Å². The van der Waals surface area contributed by atoms with Crippen LogP contribution in [0.1, 0.15) is 25.0 Å². The van der Waals surface area contributed by atoms with Crippen molar-refractivity contribution in [1.29, 1.82) is 0 Å². The van der Waals surface area contributed by atoms with Crippen LogP contribution in [-0.2, 0) is 5.41 Å². The number of ether oxygens (including phenoxy) is 1. The fourth-order valence-electron chi connectivity index (χ4n) is 9.92. The van der Waals surface area contributed by atoms with Gasteiger partial charge in [-0.05, 0) is 116 Å². The van der Waals surface area contributed by atoms with Crippen LogP contribution in [0.25, 0.3) is 98.4 Å². The molecule has 0 saturated heterocycles. The zero-order valence-corrected chi connectivity index (χ0v) is 31.2. The van der Waals surface area contributed by atoms with Crippen LogP contribution in [0.15, 0.2) is 176 Å². The molecular weight excluding hydrogens is 665 g/mol. The average molecular weight is 703 g/mol. The predicted octanol–water partition coefficient (Wildman–Crippen LogP) is 14.8. The van der Waals surface area contributed by atoms with Crippen LogP contribution in [0.5, 0.6) is 5.75 Å². The molecule has 0 aliphatic heterocycles. The van der Waals surface area contributed by atoms with Gasteiger partial charge in [-0.25, -0.2) is 0 Å². The number of fused-ring (bicyclic) bond motifs is 8. The van der Waals surface area contributed by atoms with E-state index >= 15 is 0 Å². The SMILES string of the molecule is COc1ccc(-c2c3ccccc3c(-c3c4ccccc4c(-c4ccc5c(c4)C(C)(C)c4ccccc4-5)c4ccccc34)c3ccccc23)c2ccccc12. The molecular formula is C54H38O. The van der Waals surface area contributed by atoms with Gasteiger partial charge in [0.25, 0.3) is 0 Å². The maximum absolute atomic E-state index is 5.84. The molecule has 55 heavy (non-hydrogen) atoms. The zero-order valence-electron chi connectivity index (χ0n) is 31.2. The van der Waals surface area contributed by atoms with E-state index in [-0.39, 0.29) is 5.41 Å². The summed E-state index contributed by atoms with van der Waals surface area (Å²) in [5.74, 6) is 0.888. The Hall–Kier alpha value is -6.70. The van der Waals surface area contributed by atoms with Gasteiger partial charge in [-0.3, -0.25) is 0 Å². The first-order chi connectivity index (χ1) is 27.0. The van der Waals surface area contributed by atoms with Crippen LogP contribution in [-0.4, -0.2) is 7.11 Å². The van der Waals surface area contributed by atoms with Gasteiger partial charge in [-0.15, -0.1) is 0 Å². The van der Waals surface area contributed by atoms with Crippen molar-refractivity contribution in [2.24, 2.45) is 0 Å². The van der Waals surface area contributed by atoms with E-state index in [0.29, 0.717) is 0 Å². The van der Waals surface area contributed by atoms with Gasteiger partial charge in [0.2, 0.25) is 0 Å². The van der Waals surface area contributed by atoms with Crippen molar-refractivity contribution in [1.82, 2.24) is 0 Å². The van der Waals surface area contributed by atoms with Crippen molar-refractivity contribution in [3.63, 3.8) is 0 Å². The molecule has 1 nitrogen and oxygen atoms in total. The van der Waals surface area contributed by atoms with E-state index < -0.39 is 0 Å². The molecule has 0 N–H and O–H groups in total. The van der Waals surface area contributed by atoms with Crippen LogP contribution in [0, 0.1) is 0 Å². The molecule has 0 bridgehead atoms. The zero-order chi connectivity index (χ0) is 36.8. The van der Waals surface area contributed by atoms with E-state index in [1.54, 1.807) is 7.11 Å². The first-order valence-electron chi connectivity index (χ1n) is 19.2. The molecule has 10 aromatic carbocycles. The van der Waals surface area contributed by atoms with E-state index in [1.165, 1.54) is 104 Å². The van der Waals surface area contributed by atoms with Gasteiger partial charge < -0.3 is 4.74 Å². The van der Waals surface area contributed by atoms with Crippen LogP contribution in [0.2, 0.25) is 0 Å². The average Bonchev–Trinajstić information content (AvgIpc) is 3.47. The molecule has 0 unspecified atom stereocenters. The monoisotopic (exact) mass is 702 g/mol. The lowest BCUT2D eigenvalue weighted by Gasteiger charge is -2.24. The Balaban J connectivity index is 1.25. The predicted molar refractivity (Wildman–Crippen MR) is 234 cm³/mol. The maximum atomic E-state index is 5.84. The normalized spacial score (nSPS) is 13.1. The number of benzene rings is 10. The van der Waals surface area contributed by atoms with Gasteiger partial charge in [0.1, 0.15) is 5.75 Å². The summed E-state index contributed by atoms with van der Waals surface area (Å²) in [6, 6.07) is 65.2. The molecule has 0 radical (unpaired) electrons. The van der Waals surface area contributed by atoms with Crippen molar-refractivity contribution < 1.29 is 4.74 Å². The third kappa shape index (κ3) is 4.47. The smallest absolute Gasteiger partial charge is 0.126 e. The highest BCUT2D eigenvalue weighted by Gasteiger charge is 2.35. The summed E-state index contributed by atoms with van der Waals surface area (Å²) in [5, 5.41) is 12.3. The lowest BCUT2D eigenvalue weighted by Crippen LogP contribution is -2.14. The van der Waals surface area contributed by atoms with Crippen LogP contribution in [0.3, 0.4) is 0 Å². The van der Waals surface area contributed by atoms with Crippen molar-refractivity contribution in [2.75, 3.05) is 7.11 Å². The van der Waals surface area contributed by atoms with Gasteiger partial charge in [-0.1, -0.05) is 178 Å². The van der Waals surface area contributed by atoms with E-state index in [1.807, 2.05) is 0 Å². The van der Waals surface area contributed by atoms with Crippen molar-refractivity contribution in [3.8, 4) is 50.3 Å². The summed E-state index contributed by atoms with van der Waals surface area (Å²) in [6.45, 7) is 4.74. The molecule has 1 heteroatoms. The van der Waals surface area contributed by atoms with E-state index in [2.05, 4.69) is 190 Å². The number of rotatable bonds is 4. The third-order valence-electron chi connectivity index (χ3n) is 12.4. The summed E-state index contributed by atoms with van der Waals surface area (Å²) in [5.41, 5.74) is 13.0. The minimum absolute atomic E-state index is 0.0811. The summed E-state index contributed by atoms with van der Waals surface area (Å²) >= 11 is 0. The number of hydrogen-bond donors (Lipinski definition) is 0. The van der Waals surface area contributed by atoms with Gasteiger partial charge in [0, 0.05) is 10.8 Å². The molecule has 1 aliphatic carbocycles. The molecule has 1 aliphatic rings. The fourth-order valence-corrected chi connectivity index (χ4v) is 9.92. The minimum Gasteiger partial charge on any atom is -0.496 e. The highest BCUT2D eigenvalue weighted by molar-refractivity contribution is 6.30. The topological polar surface area (TPSA) is 9.23 Å². The molecule has 0 fully saturated rings. The Kier molecular flexibility index (Phi) is 6.88. The summed E-state index contributed by atoms with van der Waals surface area (Å²) in [6.07, 6.45) is 0.